The molecule has 1 aromatic heterocycles. The van der Waals surface area contributed by atoms with E-state index in [2.05, 4.69) is 6.07 Å². The molecule has 0 saturated heterocycles. The van der Waals surface area contributed by atoms with Gasteiger partial charge in [-0.1, -0.05) is 169 Å². The molecule has 0 radical (unpaired) electrons. The van der Waals surface area contributed by atoms with E-state index in [1.54, 1.807) is 18.2 Å². The molecule has 0 spiro atoms. The highest BCUT2D eigenvalue weighted by atomic mass is 16.3. The largest absolute Gasteiger partial charge is 0.455 e. The standard InChI is InChI=1S/C52H32O/c1-2-13-34(14-3-1)49-43-16-6-8-18-45(43)50(46-19-9-7-17-44(46)49)40-29-26-36-31-39(28-25-37(36)32-40)42-21-10-22-47-51-41(20-11-23-48(51)53-52(42)47)38-27-24-33-12-4-5-15-35(33)30-38/h1-32H/i1D,2D,3D,6D,7D,8D,9D,13D,14D,16D,17D,18D,19D,25D,26D,28D,29D,31D,32D. The third-order valence-electron chi connectivity index (χ3n) is 9.60. The van der Waals surface area contributed by atoms with Crippen molar-refractivity contribution in [2.45, 2.75) is 0 Å². The van der Waals surface area contributed by atoms with Crippen molar-refractivity contribution >= 4 is 65.0 Å². The molecule has 11 rings (SSSR count). The summed E-state index contributed by atoms with van der Waals surface area (Å²) in [7, 11) is 0. The predicted octanol–water partition coefficient (Wildman–Crippen LogP) is 14.9. The van der Waals surface area contributed by atoms with Crippen molar-refractivity contribution in [3.05, 3.63) is 194 Å². The van der Waals surface area contributed by atoms with Crippen molar-refractivity contribution in [1.29, 1.82) is 0 Å². The first-order chi connectivity index (χ1) is 34.2. The first-order valence-corrected chi connectivity index (χ1v) is 16.7. The summed E-state index contributed by atoms with van der Waals surface area (Å²) in [6, 6.07) is 9.49. The number of hydrogen-bond acceptors (Lipinski definition) is 1. The molecule has 0 fully saturated rings. The van der Waals surface area contributed by atoms with Crippen LogP contribution in [0.15, 0.2) is 198 Å². The zero-order chi connectivity index (χ0) is 51.4. The zero-order valence-corrected chi connectivity index (χ0v) is 27.4. The van der Waals surface area contributed by atoms with Crippen LogP contribution in [0.5, 0.6) is 0 Å². The molecule has 10 aromatic carbocycles. The summed E-state index contributed by atoms with van der Waals surface area (Å²) in [6.45, 7) is 0. The van der Waals surface area contributed by atoms with E-state index >= 15 is 0 Å². The van der Waals surface area contributed by atoms with Crippen LogP contribution in [0, 0.1) is 0 Å². The van der Waals surface area contributed by atoms with Crippen molar-refractivity contribution in [3.63, 3.8) is 0 Å². The molecule has 0 aliphatic rings. The van der Waals surface area contributed by atoms with Gasteiger partial charge in [-0.15, -0.1) is 0 Å². The van der Waals surface area contributed by atoms with Crippen LogP contribution in [0.4, 0.5) is 0 Å². The van der Waals surface area contributed by atoms with Crippen molar-refractivity contribution in [2.75, 3.05) is 0 Å². The van der Waals surface area contributed by atoms with Gasteiger partial charge in [0, 0.05) is 16.3 Å². The molecule has 1 heteroatoms. The molecule has 246 valence electrons. The van der Waals surface area contributed by atoms with Gasteiger partial charge in [0.1, 0.15) is 11.2 Å². The van der Waals surface area contributed by atoms with Gasteiger partial charge in [-0.05, 0) is 106 Å². The molecule has 0 atom stereocenters. The Hall–Kier alpha value is -6.96. The maximum Gasteiger partial charge on any atom is 0.143 e. The SMILES string of the molecule is [2H]c1c([2H])c([2H])c(-c2c3c([2H])c([2H])c([2H])c([2H])c3c(-c3c([2H])c([2H])c4c([2H])c(-c5cccc6c5oc5cccc(-c7ccc8ccccc8c7)c56)c([2H])c([2H])c4c3[2H])c3c([2H])c([2H])c([2H])c([2H])c23)c([2H])c1[2H]. The lowest BCUT2D eigenvalue weighted by Gasteiger charge is -2.18. The molecule has 0 bridgehead atoms. The second kappa shape index (κ2) is 11.8. The Labute approximate surface area is 333 Å². The Morgan fingerprint density at radius 2 is 0.981 bits per heavy atom. The lowest BCUT2D eigenvalue weighted by atomic mass is 9.85. The molecular formula is C52H32O. The van der Waals surface area contributed by atoms with Crippen LogP contribution in [0.25, 0.3) is 110 Å². The second-order valence-corrected chi connectivity index (χ2v) is 12.5. The van der Waals surface area contributed by atoms with Crippen LogP contribution in [-0.2, 0) is 0 Å². The van der Waals surface area contributed by atoms with Gasteiger partial charge < -0.3 is 4.42 Å². The molecule has 1 heterocycles. The van der Waals surface area contributed by atoms with E-state index in [-0.39, 0.29) is 16.7 Å². The Morgan fingerprint density at radius 3 is 1.72 bits per heavy atom. The second-order valence-electron chi connectivity index (χ2n) is 12.5. The third kappa shape index (κ3) is 4.71. The fourth-order valence-corrected chi connectivity index (χ4v) is 7.28. The zero-order valence-electron chi connectivity index (χ0n) is 46.4. The first-order valence-electron chi connectivity index (χ1n) is 26.2. The third-order valence-corrected chi connectivity index (χ3v) is 9.60. The molecular weight excluding hydrogens is 641 g/mol. The molecule has 0 aliphatic heterocycles. The van der Waals surface area contributed by atoms with E-state index < -0.39 is 169 Å². The Kier molecular flexibility index (Phi) is 3.69. The van der Waals surface area contributed by atoms with Crippen LogP contribution in [-0.4, -0.2) is 0 Å². The minimum atomic E-state index is -0.872. The summed E-state index contributed by atoms with van der Waals surface area (Å²) in [5.74, 6) is 0. The molecule has 0 saturated carbocycles. The molecule has 53 heavy (non-hydrogen) atoms. The Balaban J connectivity index is 1.26. The van der Waals surface area contributed by atoms with Gasteiger partial charge in [0.15, 0.2) is 0 Å². The van der Waals surface area contributed by atoms with Gasteiger partial charge in [-0.25, -0.2) is 0 Å². The number of benzene rings is 10. The summed E-state index contributed by atoms with van der Waals surface area (Å²) < 4.78 is 180. The van der Waals surface area contributed by atoms with Crippen LogP contribution < -0.4 is 0 Å². The highest BCUT2D eigenvalue weighted by Crippen LogP contribution is 2.45. The van der Waals surface area contributed by atoms with Crippen LogP contribution >= 0.6 is 0 Å². The number of hydrogen-bond donors (Lipinski definition) is 0. The maximum atomic E-state index is 9.82. The van der Waals surface area contributed by atoms with Gasteiger partial charge >= 0.3 is 0 Å². The van der Waals surface area contributed by atoms with Gasteiger partial charge in [0.25, 0.3) is 0 Å². The lowest BCUT2D eigenvalue weighted by molar-refractivity contribution is 0.670. The number of fused-ring (bicyclic) bond motifs is 7. The highest BCUT2D eigenvalue weighted by molar-refractivity contribution is 6.22. The Morgan fingerprint density at radius 1 is 0.377 bits per heavy atom. The van der Waals surface area contributed by atoms with Crippen molar-refractivity contribution in [1.82, 2.24) is 0 Å². The van der Waals surface area contributed by atoms with E-state index in [9.17, 15) is 13.7 Å². The van der Waals surface area contributed by atoms with Crippen molar-refractivity contribution in [3.8, 4) is 44.5 Å². The number of rotatable bonds is 4. The number of para-hydroxylation sites is 1. The van der Waals surface area contributed by atoms with E-state index in [1.165, 1.54) is 0 Å². The fraction of sp³-hybridized carbons (Fsp3) is 0. The van der Waals surface area contributed by atoms with E-state index in [1.807, 2.05) is 54.6 Å². The molecule has 11 aromatic rings. The summed E-state index contributed by atoms with van der Waals surface area (Å²) in [6.07, 6.45) is 0. The molecule has 0 unspecified atom stereocenters. The molecule has 0 amide bonds. The average molecular weight is 692 g/mol. The summed E-state index contributed by atoms with van der Waals surface area (Å²) >= 11 is 0. The quantitative estimate of drug-likeness (QED) is 0.167. The van der Waals surface area contributed by atoms with Gasteiger partial charge in [-0.2, -0.15) is 0 Å². The van der Waals surface area contributed by atoms with Gasteiger partial charge in [0.2, 0.25) is 0 Å². The summed E-state index contributed by atoms with van der Waals surface area (Å²) in [4.78, 5) is 0. The van der Waals surface area contributed by atoms with Crippen molar-refractivity contribution < 1.29 is 30.5 Å². The van der Waals surface area contributed by atoms with Crippen molar-refractivity contribution in [2.24, 2.45) is 0 Å². The van der Waals surface area contributed by atoms with Gasteiger partial charge in [-0.3, -0.25) is 0 Å². The molecule has 0 N–H and O–H groups in total. The molecule has 1 nitrogen and oxygen atoms in total. The summed E-state index contributed by atoms with van der Waals surface area (Å²) in [5, 5.41) is 0.238. The minimum Gasteiger partial charge on any atom is -0.455 e. The first kappa shape index (κ1) is 16.6. The van der Waals surface area contributed by atoms with Gasteiger partial charge in [0.05, 0.1) is 26.0 Å². The monoisotopic (exact) mass is 691 g/mol. The van der Waals surface area contributed by atoms with E-state index in [0.717, 1.165) is 27.3 Å². The van der Waals surface area contributed by atoms with Crippen LogP contribution in [0.3, 0.4) is 0 Å². The normalized spacial score (nSPS) is 16.8. The van der Waals surface area contributed by atoms with Crippen LogP contribution in [0.1, 0.15) is 26.0 Å². The number of furan rings is 1. The van der Waals surface area contributed by atoms with E-state index in [0.29, 0.717) is 11.0 Å². The predicted molar refractivity (Wildman–Crippen MR) is 225 cm³/mol. The maximum absolute atomic E-state index is 9.82. The minimum absolute atomic E-state index is 0.147. The topological polar surface area (TPSA) is 13.1 Å². The highest BCUT2D eigenvalue weighted by Gasteiger charge is 2.18. The Bertz CT molecular complexity index is 4220. The average Bonchev–Trinajstić information content (AvgIpc) is 3.77. The summed E-state index contributed by atoms with van der Waals surface area (Å²) in [5.41, 5.74) is 0.141. The smallest absolute Gasteiger partial charge is 0.143 e. The van der Waals surface area contributed by atoms with E-state index in [4.69, 9.17) is 16.8 Å². The molecule has 0 aliphatic carbocycles. The van der Waals surface area contributed by atoms with Crippen LogP contribution in [0.2, 0.25) is 0 Å². The fourth-order valence-electron chi connectivity index (χ4n) is 7.28. The lowest BCUT2D eigenvalue weighted by Crippen LogP contribution is -1.90.